The smallest absolute Gasteiger partial charge is 0.0727 e. The highest BCUT2D eigenvalue weighted by molar-refractivity contribution is 5.97. The minimum Gasteiger partial charge on any atom is -0.310 e. The second kappa shape index (κ2) is 13.4. The van der Waals surface area contributed by atoms with Crippen LogP contribution in [0.15, 0.2) is 230 Å². The SMILES string of the molecule is [2H]c1c([2H])c([2H])c(N(c2ccccc2)c2ccc3c(c2)C2(c4ccccc4-c4ccc(N(c5ccccc5)c5ccc(-c6ccccc6)cc5)cc42)c2ccccc2-3)c([2H])c1[2H]. The summed E-state index contributed by atoms with van der Waals surface area (Å²) in [7, 11) is 0. The summed E-state index contributed by atoms with van der Waals surface area (Å²) in [4.78, 5) is 4.13. The van der Waals surface area contributed by atoms with Crippen LogP contribution in [0.5, 0.6) is 0 Å². The Bertz CT molecular complexity index is 3150. The topological polar surface area (TPSA) is 6.48 Å². The van der Waals surface area contributed by atoms with Crippen LogP contribution in [0.4, 0.5) is 34.1 Å². The van der Waals surface area contributed by atoms with Crippen molar-refractivity contribution in [3.8, 4) is 33.4 Å². The second-order valence-electron chi connectivity index (χ2n) is 14.5. The normalized spacial score (nSPS) is 15.6. The molecule has 1 atom stereocenters. The fourth-order valence-corrected chi connectivity index (χ4v) is 9.19. The third-order valence-electron chi connectivity index (χ3n) is 11.5. The summed E-state index contributed by atoms with van der Waals surface area (Å²) < 4.78 is 43.9. The zero-order chi connectivity index (χ0) is 42.1. The number of hydrogen-bond donors (Lipinski definition) is 0. The Morgan fingerprint density at radius 2 is 0.684 bits per heavy atom. The summed E-state index contributed by atoms with van der Waals surface area (Å²) in [5.74, 6) is 0. The van der Waals surface area contributed by atoms with E-state index in [2.05, 4.69) is 157 Å². The van der Waals surface area contributed by atoms with Crippen LogP contribution in [0.1, 0.15) is 29.1 Å². The van der Waals surface area contributed by atoms with Crippen LogP contribution in [-0.4, -0.2) is 0 Å². The van der Waals surface area contributed by atoms with Gasteiger partial charge in [0.15, 0.2) is 0 Å². The summed E-state index contributed by atoms with van der Waals surface area (Å²) in [6, 6.07) is 68.0. The molecule has 268 valence electrons. The fraction of sp³-hybridized carbons (Fsp3) is 0.0182. The van der Waals surface area contributed by atoms with E-state index in [1.807, 2.05) is 53.4 Å². The van der Waals surface area contributed by atoms with Gasteiger partial charge in [-0.1, -0.05) is 158 Å². The van der Waals surface area contributed by atoms with E-state index in [9.17, 15) is 0 Å². The van der Waals surface area contributed by atoms with Gasteiger partial charge in [0.05, 0.1) is 12.3 Å². The first kappa shape index (κ1) is 28.1. The summed E-state index contributed by atoms with van der Waals surface area (Å²) in [6.45, 7) is 0. The van der Waals surface area contributed by atoms with Gasteiger partial charge >= 0.3 is 0 Å². The number of rotatable bonds is 7. The minimum atomic E-state index is -0.744. The first-order valence-electron chi connectivity index (χ1n) is 21.8. The first-order valence-corrected chi connectivity index (χ1v) is 19.3. The van der Waals surface area contributed by atoms with Crippen molar-refractivity contribution in [1.82, 2.24) is 0 Å². The van der Waals surface area contributed by atoms with Crippen molar-refractivity contribution < 1.29 is 6.85 Å². The standard InChI is InChI=1S/C55H38N2/c1-5-17-39(18-6-1)40-29-31-44(32-30-40)57(43-23-11-4-12-24-43)46-34-36-50-48-26-14-16-28-52(48)55(54(50)38-46)51-27-15-13-25-47(51)49-35-33-45(37-53(49)55)56(41-19-7-2-8-20-41)42-21-9-3-10-22-42/h1-38H/i2D,7D,8D,19D,20D. The van der Waals surface area contributed by atoms with Gasteiger partial charge < -0.3 is 9.80 Å². The maximum Gasteiger partial charge on any atom is 0.0727 e. The molecular formula is C55H38N2. The Morgan fingerprint density at radius 1 is 0.298 bits per heavy atom. The molecule has 1 unspecified atom stereocenters. The van der Waals surface area contributed by atoms with Crippen LogP contribution in [0.25, 0.3) is 33.4 Å². The lowest BCUT2D eigenvalue weighted by atomic mass is 9.70. The van der Waals surface area contributed by atoms with Gasteiger partial charge in [-0.05, 0) is 128 Å². The Balaban J connectivity index is 1.16. The quantitative estimate of drug-likeness (QED) is 0.161. The number of hydrogen-bond acceptors (Lipinski definition) is 2. The lowest BCUT2D eigenvalue weighted by molar-refractivity contribution is 0.793. The Labute approximate surface area is 341 Å². The zero-order valence-corrected chi connectivity index (χ0v) is 30.9. The maximum atomic E-state index is 9.12. The molecule has 0 amide bonds. The Morgan fingerprint density at radius 3 is 1.21 bits per heavy atom. The summed E-state index contributed by atoms with van der Waals surface area (Å²) in [5, 5.41) is 0. The highest BCUT2D eigenvalue weighted by atomic mass is 15.1. The van der Waals surface area contributed by atoms with Crippen molar-refractivity contribution in [3.05, 3.63) is 253 Å². The van der Waals surface area contributed by atoms with Gasteiger partial charge in [0.2, 0.25) is 0 Å². The van der Waals surface area contributed by atoms with Gasteiger partial charge in [-0.2, -0.15) is 0 Å². The molecule has 2 nitrogen and oxygen atoms in total. The summed E-state index contributed by atoms with van der Waals surface area (Å²) in [5.41, 5.74) is 15.2. The third-order valence-corrected chi connectivity index (χ3v) is 11.5. The molecule has 0 bridgehead atoms. The average Bonchev–Trinajstić information content (AvgIpc) is 3.79. The Kier molecular flexibility index (Phi) is 6.60. The van der Waals surface area contributed by atoms with Crippen LogP contribution in [-0.2, 0) is 5.41 Å². The second-order valence-corrected chi connectivity index (χ2v) is 14.5. The molecule has 11 rings (SSSR count). The maximum absolute atomic E-state index is 9.12. The van der Waals surface area contributed by atoms with E-state index in [0.717, 1.165) is 61.6 Å². The number of benzene rings is 9. The van der Waals surface area contributed by atoms with Gasteiger partial charge in [0.1, 0.15) is 0 Å². The van der Waals surface area contributed by atoms with Crippen molar-refractivity contribution in [2.75, 3.05) is 9.80 Å². The van der Waals surface area contributed by atoms with Gasteiger partial charge in [0.25, 0.3) is 0 Å². The number of fused-ring (bicyclic) bond motifs is 10. The molecule has 0 radical (unpaired) electrons. The van der Waals surface area contributed by atoms with Crippen molar-refractivity contribution in [2.24, 2.45) is 0 Å². The van der Waals surface area contributed by atoms with E-state index in [0.29, 0.717) is 11.4 Å². The monoisotopic (exact) mass is 731 g/mol. The predicted molar refractivity (Wildman–Crippen MR) is 238 cm³/mol. The van der Waals surface area contributed by atoms with Crippen LogP contribution >= 0.6 is 0 Å². The summed E-state index contributed by atoms with van der Waals surface area (Å²) >= 11 is 0. The third kappa shape index (κ3) is 5.18. The molecule has 0 aliphatic heterocycles. The number of para-hydroxylation sites is 3. The molecule has 9 aromatic rings. The molecule has 1 spiro atoms. The van der Waals surface area contributed by atoms with E-state index < -0.39 is 11.5 Å². The van der Waals surface area contributed by atoms with Crippen LogP contribution in [0.3, 0.4) is 0 Å². The van der Waals surface area contributed by atoms with E-state index in [-0.39, 0.29) is 29.9 Å². The molecule has 0 heterocycles. The number of anilines is 6. The molecule has 0 fully saturated rings. The van der Waals surface area contributed by atoms with Gasteiger partial charge in [-0.15, -0.1) is 0 Å². The van der Waals surface area contributed by atoms with Gasteiger partial charge in [0, 0.05) is 34.1 Å². The van der Waals surface area contributed by atoms with Crippen LogP contribution < -0.4 is 9.80 Å². The fourth-order valence-electron chi connectivity index (χ4n) is 9.19. The largest absolute Gasteiger partial charge is 0.310 e. The van der Waals surface area contributed by atoms with Crippen molar-refractivity contribution in [1.29, 1.82) is 0 Å². The molecule has 0 saturated heterocycles. The van der Waals surface area contributed by atoms with Crippen LogP contribution in [0, 0.1) is 0 Å². The van der Waals surface area contributed by atoms with Gasteiger partial charge in [-0.25, -0.2) is 0 Å². The highest BCUT2D eigenvalue weighted by Crippen LogP contribution is 2.64. The molecule has 2 aliphatic rings. The molecule has 0 aromatic heterocycles. The highest BCUT2D eigenvalue weighted by Gasteiger charge is 2.52. The molecule has 57 heavy (non-hydrogen) atoms. The average molecular weight is 732 g/mol. The van der Waals surface area contributed by atoms with E-state index in [1.54, 1.807) is 0 Å². The number of nitrogens with zero attached hydrogens (tertiary/aromatic N) is 2. The summed E-state index contributed by atoms with van der Waals surface area (Å²) in [6.07, 6.45) is 0. The Hall–Kier alpha value is -7.42. The molecule has 9 aromatic carbocycles. The zero-order valence-electron chi connectivity index (χ0n) is 35.9. The first-order chi connectivity index (χ1) is 30.4. The molecule has 2 heteroatoms. The molecule has 0 N–H and O–H groups in total. The lowest BCUT2D eigenvalue weighted by Gasteiger charge is -2.33. The molecule has 2 aliphatic carbocycles. The molecule has 0 saturated carbocycles. The molecular weight excluding hydrogens is 689 g/mol. The van der Waals surface area contributed by atoms with Crippen molar-refractivity contribution in [2.45, 2.75) is 5.41 Å². The van der Waals surface area contributed by atoms with Gasteiger partial charge in [-0.3, -0.25) is 0 Å². The van der Waals surface area contributed by atoms with E-state index >= 15 is 0 Å². The van der Waals surface area contributed by atoms with Crippen molar-refractivity contribution >= 4 is 34.1 Å². The minimum absolute atomic E-state index is 0.0954. The van der Waals surface area contributed by atoms with Crippen molar-refractivity contribution in [3.63, 3.8) is 0 Å². The van der Waals surface area contributed by atoms with E-state index in [1.165, 1.54) is 11.1 Å². The lowest BCUT2D eigenvalue weighted by Crippen LogP contribution is -2.26. The predicted octanol–water partition coefficient (Wildman–Crippen LogP) is 14.6. The van der Waals surface area contributed by atoms with Crippen LogP contribution in [0.2, 0.25) is 0 Å². The van der Waals surface area contributed by atoms with E-state index in [4.69, 9.17) is 6.85 Å².